The van der Waals surface area contributed by atoms with Crippen molar-refractivity contribution in [1.82, 2.24) is 0 Å². The lowest BCUT2D eigenvalue weighted by atomic mass is 9.84. The van der Waals surface area contributed by atoms with Crippen LogP contribution in [-0.2, 0) is 0 Å². The van der Waals surface area contributed by atoms with E-state index in [1.165, 1.54) is 98.4 Å². The Labute approximate surface area is 291 Å². The molecule has 232 valence electrons. The third kappa shape index (κ3) is 4.46. The minimum atomic E-state index is 1.22. The average Bonchev–Trinajstić information content (AvgIpc) is 3.19. The van der Waals surface area contributed by atoms with Crippen LogP contribution in [0, 0.1) is 0 Å². The van der Waals surface area contributed by atoms with Gasteiger partial charge in [0.15, 0.2) is 0 Å². The molecule has 0 atom stereocenters. The van der Waals surface area contributed by atoms with Crippen LogP contribution in [0.4, 0.5) is 0 Å². The maximum absolute atomic E-state index is 2.31. The Bertz CT molecular complexity index is 2840. The largest absolute Gasteiger partial charge is 0.0616 e. The Morgan fingerprint density at radius 3 is 1.12 bits per heavy atom. The minimum Gasteiger partial charge on any atom is -0.0616 e. The molecule has 10 rings (SSSR count). The van der Waals surface area contributed by atoms with Crippen LogP contribution in [0.15, 0.2) is 194 Å². The highest BCUT2D eigenvalue weighted by molar-refractivity contribution is 6.23. The van der Waals surface area contributed by atoms with Crippen molar-refractivity contribution in [2.45, 2.75) is 0 Å². The van der Waals surface area contributed by atoms with Crippen LogP contribution in [0.3, 0.4) is 0 Å². The molecule has 0 nitrogen and oxygen atoms in total. The summed E-state index contributed by atoms with van der Waals surface area (Å²) in [6, 6.07) is 71.2. The molecule has 0 heteroatoms. The van der Waals surface area contributed by atoms with Crippen molar-refractivity contribution in [2.24, 2.45) is 0 Å². The summed E-state index contributed by atoms with van der Waals surface area (Å²) in [6.45, 7) is 0. The molecule has 0 fully saturated rings. The smallest absolute Gasteiger partial charge is 0.00201 e. The predicted molar refractivity (Wildman–Crippen MR) is 216 cm³/mol. The average molecular weight is 633 g/mol. The van der Waals surface area contributed by atoms with Crippen LogP contribution >= 0.6 is 0 Å². The van der Waals surface area contributed by atoms with Gasteiger partial charge in [-0.15, -0.1) is 0 Å². The number of benzene rings is 10. The third-order valence-corrected chi connectivity index (χ3v) is 10.5. The van der Waals surface area contributed by atoms with Gasteiger partial charge in [-0.2, -0.15) is 0 Å². The summed E-state index contributed by atoms with van der Waals surface area (Å²) >= 11 is 0. The first-order chi connectivity index (χ1) is 24.8. The SMILES string of the molecule is c1ccc2c(-c3ccc(-c4ccc(-c5c6ccccc6c(-c6cccc7ccccc67)c6ccccc56)cc4)c4ccccc34)cccc2c1. The van der Waals surface area contributed by atoms with Gasteiger partial charge >= 0.3 is 0 Å². The van der Waals surface area contributed by atoms with Gasteiger partial charge in [0, 0.05) is 0 Å². The summed E-state index contributed by atoms with van der Waals surface area (Å²) in [7, 11) is 0. The number of hydrogen-bond acceptors (Lipinski definition) is 0. The van der Waals surface area contributed by atoms with Crippen molar-refractivity contribution >= 4 is 53.9 Å². The molecular weight excluding hydrogens is 601 g/mol. The van der Waals surface area contributed by atoms with Crippen molar-refractivity contribution < 1.29 is 0 Å². The van der Waals surface area contributed by atoms with E-state index < -0.39 is 0 Å². The summed E-state index contributed by atoms with van der Waals surface area (Å²) in [4.78, 5) is 0. The van der Waals surface area contributed by atoms with Gasteiger partial charge in [-0.3, -0.25) is 0 Å². The molecule has 10 aromatic carbocycles. The topological polar surface area (TPSA) is 0 Å². The maximum Gasteiger partial charge on any atom is -0.00201 e. The third-order valence-electron chi connectivity index (χ3n) is 10.5. The number of fused-ring (bicyclic) bond motifs is 5. The molecule has 0 heterocycles. The van der Waals surface area contributed by atoms with E-state index >= 15 is 0 Å². The molecule has 0 radical (unpaired) electrons. The normalized spacial score (nSPS) is 11.6. The fourth-order valence-corrected chi connectivity index (χ4v) is 8.24. The van der Waals surface area contributed by atoms with E-state index in [1.807, 2.05) is 0 Å². The lowest BCUT2D eigenvalue weighted by Crippen LogP contribution is -1.92. The molecule has 50 heavy (non-hydrogen) atoms. The van der Waals surface area contributed by atoms with Gasteiger partial charge in [0.25, 0.3) is 0 Å². The minimum absolute atomic E-state index is 1.22. The van der Waals surface area contributed by atoms with Gasteiger partial charge in [0.2, 0.25) is 0 Å². The molecule has 0 aliphatic rings. The van der Waals surface area contributed by atoms with Gasteiger partial charge < -0.3 is 0 Å². The highest BCUT2D eigenvalue weighted by atomic mass is 14.2. The van der Waals surface area contributed by atoms with E-state index in [9.17, 15) is 0 Å². The van der Waals surface area contributed by atoms with Crippen LogP contribution in [-0.4, -0.2) is 0 Å². The lowest BCUT2D eigenvalue weighted by Gasteiger charge is -2.19. The van der Waals surface area contributed by atoms with E-state index in [2.05, 4.69) is 194 Å². The van der Waals surface area contributed by atoms with Gasteiger partial charge in [-0.25, -0.2) is 0 Å². The zero-order chi connectivity index (χ0) is 33.0. The highest BCUT2D eigenvalue weighted by Gasteiger charge is 2.18. The Hall–Kier alpha value is -6.50. The molecule has 0 saturated heterocycles. The lowest BCUT2D eigenvalue weighted by molar-refractivity contribution is 1.63. The molecule has 0 aliphatic heterocycles. The van der Waals surface area contributed by atoms with Crippen LogP contribution in [0.1, 0.15) is 0 Å². The molecule has 0 aromatic heterocycles. The van der Waals surface area contributed by atoms with Crippen LogP contribution < -0.4 is 0 Å². The molecular formula is C50H32. The molecule has 0 N–H and O–H groups in total. The highest BCUT2D eigenvalue weighted by Crippen LogP contribution is 2.46. The number of rotatable bonds is 4. The van der Waals surface area contributed by atoms with Gasteiger partial charge in [0.1, 0.15) is 0 Å². The predicted octanol–water partition coefficient (Wildman–Crippen LogP) is 14.1. The van der Waals surface area contributed by atoms with Crippen LogP contribution in [0.25, 0.3) is 98.4 Å². The molecule has 0 saturated carbocycles. The van der Waals surface area contributed by atoms with Gasteiger partial charge in [0.05, 0.1) is 0 Å². The van der Waals surface area contributed by atoms with Crippen molar-refractivity contribution in [3.8, 4) is 44.5 Å². The molecule has 10 aromatic rings. The molecule has 0 bridgehead atoms. The van der Waals surface area contributed by atoms with Crippen molar-refractivity contribution in [1.29, 1.82) is 0 Å². The monoisotopic (exact) mass is 632 g/mol. The summed E-state index contributed by atoms with van der Waals surface area (Å²) in [5.41, 5.74) is 10.1. The first-order valence-electron chi connectivity index (χ1n) is 17.4. The van der Waals surface area contributed by atoms with Crippen LogP contribution in [0.2, 0.25) is 0 Å². The van der Waals surface area contributed by atoms with Crippen LogP contribution in [0.5, 0.6) is 0 Å². The second kappa shape index (κ2) is 11.6. The zero-order valence-corrected chi connectivity index (χ0v) is 27.5. The number of hydrogen-bond donors (Lipinski definition) is 0. The summed E-state index contributed by atoms with van der Waals surface area (Å²) in [6.07, 6.45) is 0. The fraction of sp³-hybridized carbons (Fsp3) is 0. The quantitative estimate of drug-likeness (QED) is 0.169. The summed E-state index contributed by atoms with van der Waals surface area (Å²) in [5.74, 6) is 0. The van der Waals surface area contributed by atoms with Gasteiger partial charge in [-0.1, -0.05) is 194 Å². The van der Waals surface area contributed by atoms with E-state index in [1.54, 1.807) is 0 Å². The van der Waals surface area contributed by atoms with Crippen molar-refractivity contribution in [3.05, 3.63) is 194 Å². The fourth-order valence-electron chi connectivity index (χ4n) is 8.24. The van der Waals surface area contributed by atoms with E-state index in [0.29, 0.717) is 0 Å². The Kier molecular flexibility index (Phi) is 6.60. The first-order valence-corrected chi connectivity index (χ1v) is 17.4. The zero-order valence-electron chi connectivity index (χ0n) is 27.5. The summed E-state index contributed by atoms with van der Waals surface area (Å²) in [5, 5.41) is 12.7. The Balaban J connectivity index is 1.14. The van der Waals surface area contributed by atoms with Crippen molar-refractivity contribution in [3.63, 3.8) is 0 Å². The Morgan fingerprint density at radius 1 is 0.180 bits per heavy atom. The Morgan fingerprint density at radius 2 is 0.540 bits per heavy atom. The molecule has 0 aliphatic carbocycles. The molecule has 0 amide bonds. The van der Waals surface area contributed by atoms with E-state index in [-0.39, 0.29) is 0 Å². The standard InChI is InChI=1S/C50H32/c1-3-17-37-33(13-1)15-11-25-41(37)43-32-31-39(40-19-5-6-20-42(40)43)35-27-29-36(30-28-35)49-45-21-7-9-23-47(45)50(48-24-10-8-22-46(48)49)44-26-12-16-34-14-2-4-18-38(34)44/h1-32H. The summed E-state index contributed by atoms with van der Waals surface area (Å²) < 4.78 is 0. The maximum atomic E-state index is 2.31. The first kappa shape index (κ1) is 28.5. The van der Waals surface area contributed by atoms with Gasteiger partial charge in [-0.05, 0) is 98.4 Å². The second-order valence-corrected chi connectivity index (χ2v) is 13.2. The molecule has 0 unspecified atom stereocenters. The molecule has 0 spiro atoms. The second-order valence-electron chi connectivity index (χ2n) is 13.2. The van der Waals surface area contributed by atoms with Crippen molar-refractivity contribution in [2.75, 3.05) is 0 Å². The van der Waals surface area contributed by atoms with E-state index in [0.717, 1.165) is 0 Å². The van der Waals surface area contributed by atoms with E-state index in [4.69, 9.17) is 0 Å².